The van der Waals surface area contributed by atoms with Crippen LogP contribution >= 0.6 is 22.7 Å². The Labute approximate surface area is 113 Å². The van der Waals surface area contributed by atoms with E-state index in [4.69, 9.17) is 20.0 Å². The van der Waals surface area contributed by atoms with Gasteiger partial charge in [-0.2, -0.15) is 10.5 Å². The molecule has 0 aliphatic rings. The molecule has 0 unspecified atom stereocenters. The lowest BCUT2D eigenvalue weighted by atomic mass is 10.4. The van der Waals surface area contributed by atoms with Crippen LogP contribution in [0.25, 0.3) is 9.40 Å². The molecule has 0 amide bonds. The van der Waals surface area contributed by atoms with E-state index in [9.17, 15) is 0 Å². The van der Waals surface area contributed by atoms with Gasteiger partial charge < -0.3 is 9.47 Å². The van der Waals surface area contributed by atoms with Gasteiger partial charge in [0, 0.05) is 10.8 Å². The molecule has 0 aromatic carbocycles. The summed E-state index contributed by atoms with van der Waals surface area (Å²) in [6.07, 6.45) is 0.766. The Morgan fingerprint density at radius 3 is 1.72 bits per heavy atom. The van der Waals surface area contributed by atoms with Crippen molar-refractivity contribution in [1.29, 1.82) is 10.5 Å². The van der Waals surface area contributed by atoms with E-state index in [0.717, 1.165) is 20.9 Å². The van der Waals surface area contributed by atoms with Crippen LogP contribution in [0, 0.1) is 22.7 Å². The lowest BCUT2D eigenvalue weighted by Crippen LogP contribution is -1.94. The first-order valence-electron chi connectivity index (χ1n) is 5.35. The Morgan fingerprint density at radius 2 is 1.33 bits per heavy atom. The Kier molecular flexibility index (Phi) is 4.40. The molecular weight excluding hydrogens is 268 g/mol. The molecule has 0 atom stereocenters. The van der Waals surface area contributed by atoms with Crippen LogP contribution in [0.5, 0.6) is 11.5 Å². The first-order chi connectivity index (χ1) is 8.86. The van der Waals surface area contributed by atoms with Crippen molar-refractivity contribution in [2.24, 2.45) is 0 Å². The summed E-state index contributed by atoms with van der Waals surface area (Å²) in [6, 6.07) is 4.09. The molecule has 0 radical (unpaired) electrons. The van der Waals surface area contributed by atoms with Gasteiger partial charge in [0.15, 0.2) is 0 Å². The Balaban J connectivity index is 2.08. The van der Waals surface area contributed by atoms with Crippen LogP contribution < -0.4 is 9.47 Å². The maximum Gasteiger partial charge on any atom is 0.147 e. The average molecular weight is 278 g/mol. The van der Waals surface area contributed by atoms with Gasteiger partial charge in [-0.05, 0) is 0 Å². The molecule has 2 rings (SSSR count). The van der Waals surface area contributed by atoms with Gasteiger partial charge in [0.25, 0.3) is 0 Å². The molecular formula is C12H10N2O2S2. The number of hydrogen-bond donors (Lipinski definition) is 0. The van der Waals surface area contributed by atoms with E-state index in [1.54, 1.807) is 22.7 Å². The summed E-state index contributed by atoms with van der Waals surface area (Å²) in [4.78, 5) is 0. The predicted octanol–water partition coefficient (Wildman–Crippen LogP) is 3.55. The third-order valence-electron chi connectivity index (χ3n) is 2.16. The number of ether oxygens (including phenoxy) is 2. The number of fused-ring (bicyclic) bond motifs is 1. The van der Waals surface area contributed by atoms with Crippen molar-refractivity contribution in [3.8, 4) is 23.6 Å². The molecule has 0 aliphatic heterocycles. The summed E-state index contributed by atoms with van der Waals surface area (Å²) in [5.41, 5.74) is 0. The van der Waals surface area contributed by atoms with Crippen LogP contribution in [0.2, 0.25) is 0 Å². The molecule has 0 bridgehead atoms. The minimum atomic E-state index is 0.383. The highest BCUT2D eigenvalue weighted by molar-refractivity contribution is 7.27. The van der Waals surface area contributed by atoms with Crippen molar-refractivity contribution in [2.75, 3.05) is 13.2 Å². The predicted molar refractivity (Wildman–Crippen MR) is 71.2 cm³/mol. The van der Waals surface area contributed by atoms with Gasteiger partial charge >= 0.3 is 0 Å². The second-order valence-electron chi connectivity index (χ2n) is 3.37. The van der Waals surface area contributed by atoms with Crippen LogP contribution in [-0.2, 0) is 0 Å². The molecule has 2 heterocycles. The topological polar surface area (TPSA) is 66.0 Å². The summed E-state index contributed by atoms with van der Waals surface area (Å²) in [7, 11) is 0. The number of nitriles is 2. The maximum absolute atomic E-state index is 8.46. The minimum Gasteiger partial charge on any atom is -0.490 e. The van der Waals surface area contributed by atoms with E-state index in [-0.39, 0.29) is 0 Å². The second-order valence-corrected chi connectivity index (χ2v) is 5.13. The highest BCUT2D eigenvalue weighted by Gasteiger charge is 2.12. The van der Waals surface area contributed by atoms with Gasteiger partial charge in [-0.15, -0.1) is 22.7 Å². The molecule has 0 spiro atoms. The molecule has 18 heavy (non-hydrogen) atoms. The Morgan fingerprint density at radius 1 is 0.889 bits per heavy atom. The molecule has 2 aromatic rings. The largest absolute Gasteiger partial charge is 0.490 e. The highest BCUT2D eigenvalue weighted by Crippen LogP contribution is 2.43. The standard InChI is InChI=1S/C12H10N2O2S2/c13-3-1-5-15-9-7-17-12-10(8-18-11(9)12)16-6-2-4-14/h7-8H,1-2,5-6H2. The Hall–Kier alpha value is -1.76. The fourth-order valence-electron chi connectivity index (χ4n) is 1.39. The monoisotopic (exact) mass is 278 g/mol. The van der Waals surface area contributed by atoms with E-state index in [1.807, 2.05) is 22.9 Å². The van der Waals surface area contributed by atoms with Gasteiger partial charge in [0.05, 0.1) is 34.4 Å². The molecule has 4 nitrogen and oxygen atoms in total. The van der Waals surface area contributed by atoms with E-state index in [0.29, 0.717) is 26.1 Å². The number of thiophene rings is 2. The third-order valence-corrected chi connectivity index (χ3v) is 4.24. The minimum absolute atomic E-state index is 0.383. The zero-order valence-electron chi connectivity index (χ0n) is 9.51. The number of rotatable bonds is 6. The smallest absolute Gasteiger partial charge is 0.147 e. The van der Waals surface area contributed by atoms with Crippen molar-refractivity contribution in [1.82, 2.24) is 0 Å². The lowest BCUT2D eigenvalue weighted by molar-refractivity contribution is 0.330. The van der Waals surface area contributed by atoms with E-state index in [1.165, 1.54) is 0 Å². The molecule has 0 aliphatic carbocycles. The normalized spacial score (nSPS) is 9.89. The van der Waals surface area contributed by atoms with E-state index >= 15 is 0 Å². The van der Waals surface area contributed by atoms with E-state index in [2.05, 4.69) is 0 Å². The SMILES string of the molecule is N#CCCOc1csc2c(OCCC#N)csc12. The molecule has 2 aromatic heterocycles. The molecule has 0 fully saturated rings. The van der Waals surface area contributed by atoms with Crippen LogP contribution in [-0.4, -0.2) is 13.2 Å². The number of hydrogen-bond acceptors (Lipinski definition) is 6. The Bertz CT molecular complexity index is 550. The fourth-order valence-corrected chi connectivity index (χ4v) is 3.53. The van der Waals surface area contributed by atoms with Crippen LogP contribution in [0.4, 0.5) is 0 Å². The van der Waals surface area contributed by atoms with Gasteiger partial charge in [-0.1, -0.05) is 0 Å². The fraction of sp³-hybridized carbons (Fsp3) is 0.333. The van der Waals surface area contributed by atoms with Gasteiger partial charge in [-0.25, -0.2) is 0 Å². The van der Waals surface area contributed by atoms with Crippen molar-refractivity contribution in [3.05, 3.63) is 10.8 Å². The first-order valence-corrected chi connectivity index (χ1v) is 7.11. The van der Waals surface area contributed by atoms with Crippen LogP contribution in [0.3, 0.4) is 0 Å². The zero-order chi connectivity index (χ0) is 12.8. The van der Waals surface area contributed by atoms with E-state index < -0.39 is 0 Å². The first kappa shape index (κ1) is 12.7. The summed E-state index contributed by atoms with van der Waals surface area (Å²) >= 11 is 3.12. The zero-order valence-corrected chi connectivity index (χ0v) is 11.1. The summed E-state index contributed by atoms with van der Waals surface area (Å²) in [5, 5.41) is 20.8. The maximum atomic E-state index is 8.46. The molecule has 6 heteroatoms. The average Bonchev–Trinajstić information content (AvgIpc) is 2.94. The van der Waals surface area contributed by atoms with Crippen LogP contribution in [0.15, 0.2) is 10.8 Å². The second kappa shape index (κ2) is 6.25. The lowest BCUT2D eigenvalue weighted by Gasteiger charge is -1.99. The van der Waals surface area contributed by atoms with Crippen molar-refractivity contribution < 1.29 is 9.47 Å². The summed E-state index contributed by atoms with van der Waals surface area (Å²) in [6.45, 7) is 0.815. The molecule has 0 saturated heterocycles. The van der Waals surface area contributed by atoms with Crippen molar-refractivity contribution >= 4 is 32.1 Å². The van der Waals surface area contributed by atoms with Gasteiger partial charge in [0.1, 0.15) is 24.7 Å². The number of nitrogens with zero attached hydrogens (tertiary/aromatic N) is 2. The summed E-state index contributed by atoms with van der Waals surface area (Å²) in [5.74, 6) is 1.62. The molecule has 0 N–H and O–H groups in total. The molecule has 0 saturated carbocycles. The summed E-state index contributed by atoms with van der Waals surface area (Å²) < 4.78 is 13.2. The quantitative estimate of drug-likeness (QED) is 0.758. The highest BCUT2D eigenvalue weighted by atomic mass is 32.1. The van der Waals surface area contributed by atoms with Crippen LogP contribution in [0.1, 0.15) is 12.8 Å². The van der Waals surface area contributed by atoms with Crippen molar-refractivity contribution in [2.45, 2.75) is 12.8 Å². The van der Waals surface area contributed by atoms with Gasteiger partial charge in [0.2, 0.25) is 0 Å². The van der Waals surface area contributed by atoms with Crippen molar-refractivity contribution in [3.63, 3.8) is 0 Å². The third kappa shape index (κ3) is 2.73. The van der Waals surface area contributed by atoms with Gasteiger partial charge in [-0.3, -0.25) is 0 Å². The molecule has 92 valence electrons.